The van der Waals surface area contributed by atoms with Crippen LogP contribution in [0.25, 0.3) is 6.08 Å². The van der Waals surface area contributed by atoms with Gasteiger partial charge in [0.05, 0.1) is 5.76 Å². The molecule has 1 aromatic carbocycles. The maximum Gasteiger partial charge on any atom is 0.250 e. The molecule has 0 unspecified atom stereocenters. The molecule has 104 valence electrons. The third kappa shape index (κ3) is 4.88. The standard InChI is InChI=1S/C16H23ClOSi/c1-13(18-19(5,6)16(2,3)4)7-8-14-9-11-15(17)12-10-14/h7-12H,1H2,2-6H3/b8-7+. The van der Waals surface area contributed by atoms with Gasteiger partial charge in [0.25, 0.3) is 0 Å². The molecule has 1 aromatic rings. The van der Waals surface area contributed by atoms with Crippen molar-refractivity contribution in [3.8, 4) is 0 Å². The van der Waals surface area contributed by atoms with Crippen molar-refractivity contribution in [2.45, 2.75) is 38.9 Å². The maximum absolute atomic E-state index is 6.08. The van der Waals surface area contributed by atoms with Gasteiger partial charge in [-0.1, -0.05) is 57.2 Å². The quantitative estimate of drug-likeness (QED) is 0.382. The summed E-state index contributed by atoms with van der Waals surface area (Å²) in [7, 11) is -1.79. The van der Waals surface area contributed by atoms with E-state index in [1.807, 2.05) is 36.4 Å². The average molecular weight is 295 g/mol. The fourth-order valence-electron chi connectivity index (χ4n) is 1.28. The van der Waals surface area contributed by atoms with Crippen LogP contribution in [0.2, 0.25) is 23.2 Å². The summed E-state index contributed by atoms with van der Waals surface area (Å²) < 4.78 is 6.08. The van der Waals surface area contributed by atoms with Crippen molar-refractivity contribution in [1.82, 2.24) is 0 Å². The fraction of sp³-hybridized carbons (Fsp3) is 0.375. The summed E-state index contributed by atoms with van der Waals surface area (Å²) >= 11 is 5.85. The highest BCUT2D eigenvalue weighted by Gasteiger charge is 2.38. The molecule has 0 saturated carbocycles. The van der Waals surface area contributed by atoms with E-state index < -0.39 is 8.32 Å². The van der Waals surface area contributed by atoms with E-state index in [0.29, 0.717) is 0 Å². The summed E-state index contributed by atoms with van der Waals surface area (Å²) in [5.41, 5.74) is 1.09. The van der Waals surface area contributed by atoms with Crippen molar-refractivity contribution < 1.29 is 4.43 Å². The Balaban J connectivity index is 2.68. The number of benzene rings is 1. The van der Waals surface area contributed by atoms with Crippen molar-refractivity contribution in [3.63, 3.8) is 0 Å². The van der Waals surface area contributed by atoms with E-state index in [1.54, 1.807) is 0 Å². The van der Waals surface area contributed by atoms with Gasteiger partial charge in [0.1, 0.15) is 0 Å². The zero-order valence-corrected chi connectivity index (χ0v) is 14.2. The third-order valence-corrected chi connectivity index (χ3v) is 8.16. The van der Waals surface area contributed by atoms with Crippen LogP contribution in [0.4, 0.5) is 0 Å². The molecule has 0 aliphatic heterocycles. The molecule has 0 spiro atoms. The normalized spacial score (nSPS) is 12.7. The molecular formula is C16H23ClOSi. The van der Waals surface area contributed by atoms with E-state index in [9.17, 15) is 0 Å². The molecule has 0 atom stereocenters. The van der Waals surface area contributed by atoms with Crippen molar-refractivity contribution in [2.24, 2.45) is 0 Å². The lowest BCUT2D eigenvalue weighted by Crippen LogP contribution is -2.40. The SMILES string of the molecule is C=C(/C=C/c1ccc(Cl)cc1)O[Si](C)(C)C(C)(C)C. The molecule has 0 N–H and O–H groups in total. The van der Waals surface area contributed by atoms with Crippen LogP contribution in [-0.4, -0.2) is 8.32 Å². The Morgan fingerprint density at radius 2 is 1.74 bits per heavy atom. The molecule has 0 heterocycles. The molecule has 0 saturated heterocycles. The van der Waals surface area contributed by atoms with Crippen LogP contribution in [0.5, 0.6) is 0 Å². The zero-order chi connectivity index (χ0) is 14.7. The predicted octanol–water partition coefficient (Wildman–Crippen LogP) is 5.89. The summed E-state index contributed by atoms with van der Waals surface area (Å²) in [6.07, 6.45) is 3.91. The van der Waals surface area contributed by atoms with Gasteiger partial charge in [0.2, 0.25) is 8.32 Å². The Morgan fingerprint density at radius 1 is 1.21 bits per heavy atom. The fourth-order valence-corrected chi connectivity index (χ4v) is 2.43. The van der Waals surface area contributed by atoms with Crippen LogP contribution in [0, 0.1) is 0 Å². The van der Waals surface area contributed by atoms with E-state index in [0.717, 1.165) is 16.3 Å². The molecule has 0 aromatic heterocycles. The first-order valence-electron chi connectivity index (χ1n) is 6.43. The van der Waals surface area contributed by atoms with Gasteiger partial charge in [-0.25, -0.2) is 0 Å². The van der Waals surface area contributed by atoms with Crippen LogP contribution in [0.15, 0.2) is 42.7 Å². The highest BCUT2D eigenvalue weighted by atomic mass is 35.5. The molecule has 0 aliphatic rings. The average Bonchev–Trinajstić information content (AvgIpc) is 2.26. The van der Waals surface area contributed by atoms with Crippen molar-refractivity contribution in [1.29, 1.82) is 0 Å². The van der Waals surface area contributed by atoms with Gasteiger partial charge in [-0.3, -0.25) is 0 Å². The van der Waals surface area contributed by atoms with Crippen molar-refractivity contribution in [2.75, 3.05) is 0 Å². The van der Waals surface area contributed by atoms with Gasteiger partial charge in [-0.15, -0.1) is 0 Å². The van der Waals surface area contributed by atoms with Gasteiger partial charge in [-0.2, -0.15) is 0 Å². The molecule has 3 heteroatoms. The Bertz CT molecular complexity index is 467. The Labute approximate surface area is 123 Å². The molecule has 0 aliphatic carbocycles. The minimum atomic E-state index is -1.79. The van der Waals surface area contributed by atoms with E-state index in [2.05, 4.69) is 40.4 Å². The summed E-state index contributed by atoms with van der Waals surface area (Å²) in [5, 5.41) is 0.929. The molecule has 0 fully saturated rings. The molecule has 19 heavy (non-hydrogen) atoms. The van der Waals surface area contributed by atoms with Crippen LogP contribution in [0.1, 0.15) is 26.3 Å². The van der Waals surface area contributed by atoms with E-state index in [4.69, 9.17) is 16.0 Å². The minimum absolute atomic E-state index is 0.185. The molecule has 0 amide bonds. The summed E-state index contributed by atoms with van der Waals surface area (Å²) in [6.45, 7) is 15.1. The second-order valence-corrected chi connectivity index (χ2v) is 11.4. The van der Waals surface area contributed by atoms with Gasteiger partial charge < -0.3 is 4.43 Å². The maximum atomic E-state index is 6.08. The lowest BCUT2D eigenvalue weighted by atomic mass is 10.2. The summed E-state index contributed by atoms with van der Waals surface area (Å²) in [6, 6.07) is 7.69. The Morgan fingerprint density at radius 3 is 2.21 bits per heavy atom. The van der Waals surface area contributed by atoms with Gasteiger partial charge >= 0.3 is 0 Å². The Kier molecular flexibility index (Phi) is 5.05. The van der Waals surface area contributed by atoms with E-state index in [1.165, 1.54) is 0 Å². The van der Waals surface area contributed by atoms with Crippen molar-refractivity contribution >= 4 is 26.0 Å². The molecule has 1 nitrogen and oxygen atoms in total. The highest BCUT2D eigenvalue weighted by Crippen LogP contribution is 2.37. The van der Waals surface area contributed by atoms with E-state index >= 15 is 0 Å². The van der Waals surface area contributed by atoms with Gasteiger partial charge in [-0.05, 0) is 41.9 Å². The first-order chi connectivity index (χ1) is 8.62. The van der Waals surface area contributed by atoms with Crippen LogP contribution in [0.3, 0.4) is 0 Å². The molecular weight excluding hydrogens is 272 g/mol. The highest BCUT2D eigenvalue weighted by molar-refractivity contribution is 6.74. The van der Waals surface area contributed by atoms with Gasteiger partial charge in [0.15, 0.2) is 0 Å². The topological polar surface area (TPSA) is 9.23 Å². The number of rotatable bonds is 4. The first kappa shape index (κ1) is 16.1. The second-order valence-electron chi connectivity index (χ2n) is 6.21. The lowest BCUT2D eigenvalue weighted by Gasteiger charge is -2.36. The van der Waals surface area contributed by atoms with Crippen LogP contribution in [-0.2, 0) is 4.43 Å². The Hall–Kier alpha value is -0.993. The molecule has 0 radical (unpaired) electrons. The number of hydrogen-bond donors (Lipinski definition) is 0. The summed E-state index contributed by atoms with van der Waals surface area (Å²) in [5.74, 6) is 0.724. The number of allylic oxidation sites excluding steroid dienone is 1. The smallest absolute Gasteiger partial charge is 0.250 e. The number of hydrogen-bond acceptors (Lipinski definition) is 1. The monoisotopic (exact) mass is 294 g/mol. The number of halogens is 1. The molecule has 0 bridgehead atoms. The van der Waals surface area contributed by atoms with Crippen molar-refractivity contribution in [3.05, 3.63) is 53.3 Å². The summed E-state index contributed by atoms with van der Waals surface area (Å²) in [4.78, 5) is 0. The zero-order valence-electron chi connectivity index (χ0n) is 12.5. The largest absolute Gasteiger partial charge is 0.544 e. The molecule has 1 rings (SSSR count). The second kappa shape index (κ2) is 5.97. The van der Waals surface area contributed by atoms with Crippen LogP contribution < -0.4 is 0 Å². The first-order valence-corrected chi connectivity index (χ1v) is 9.72. The third-order valence-electron chi connectivity index (χ3n) is 3.52. The van der Waals surface area contributed by atoms with Crippen LogP contribution >= 0.6 is 11.6 Å². The van der Waals surface area contributed by atoms with E-state index in [-0.39, 0.29) is 5.04 Å². The predicted molar refractivity (Wildman–Crippen MR) is 87.9 cm³/mol. The van der Waals surface area contributed by atoms with Gasteiger partial charge in [0, 0.05) is 5.02 Å². The lowest BCUT2D eigenvalue weighted by molar-refractivity contribution is 0.402. The minimum Gasteiger partial charge on any atom is -0.544 e.